The maximum absolute atomic E-state index is 12.1. The van der Waals surface area contributed by atoms with Crippen LogP contribution < -0.4 is 5.32 Å². The fourth-order valence-electron chi connectivity index (χ4n) is 2.67. The first-order valence-corrected chi connectivity index (χ1v) is 8.40. The molecule has 1 aliphatic rings. The van der Waals surface area contributed by atoms with Gasteiger partial charge in [-0.2, -0.15) is 0 Å². The van der Waals surface area contributed by atoms with Crippen molar-refractivity contribution in [2.75, 3.05) is 25.0 Å². The van der Waals surface area contributed by atoms with Gasteiger partial charge in [0.2, 0.25) is 5.91 Å². The molecule has 1 N–H and O–H groups in total. The van der Waals surface area contributed by atoms with Gasteiger partial charge in [-0.3, -0.25) is 9.69 Å². The minimum atomic E-state index is 0.0542. The predicted octanol–water partition coefficient (Wildman–Crippen LogP) is 3.78. The molecule has 1 aromatic carbocycles. The van der Waals surface area contributed by atoms with Crippen LogP contribution in [0.5, 0.6) is 0 Å². The Labute approximate surface area is 135 Å². The van der Waals surface area contributed by atoms with Crippen molar-refractivity contribution in [2.24, 2.45) is 0 Å². The van der Waals surface area contributed by atoms with Gasteiger partial charge in [-0.15, -0.1) is 11.3 Å². The average molecular weight is 312 g/mol. The Kier molecular flexibility index (Phi) is 4.71. The van der Waals surface area contributed by atoms with Crippen LogP contribution in [0.3, 0.4) is 0 Å². The summed E-state index contributed by atoms with van der Waals surface area (Å²) in [4.78, 5) is 15.7. The number of nitrogens with zero attached hydrogens (tertiary/aromatic N) is 1. The molecule has 0 radical (unpaired) electrons. The van der Waals surface area contributed by atoms with E-state index in [1.807, 2.05) is 31.2 Å². The van der Waals surface area contributed by atoms with Crippen LogP contribution in [-0.2, 0) is 4.79 Å². The second-order valence-corrected chi connectivity index (χ2v) is 6.56. The Morgan fingerprint density at radius 2 is 2.23 bits per heavy atom. The van der Waals surface area contributed by atoms with Gasteiger partial charge in [-0.1, -0.05) is 24.3 Å². The molecule has 114 valence electrons. The molecule has 1 aromatic heterocycles. The smallest absolute Gasteiger partial charge is 0.238 e. The van der Waals surface area contributed by atoms with Crippen LogP contribution in [0.2, 0.25) is 0 Å². The van der Waals surface area contributed by atoms with E-state index in [4.69, 9.17) is 0 Å². The third-order valence-electron chi connectivity index (χ3n) is 3.80. The number of rotatable bonds is 4. The number of benzene rings is 1. The highest BCUT2D eigenvalue weighted by molar-refractivity contribution is 7.11. The van der Waals surface area contributed by atoms with E-state index in [0.717, 1.165) is 30.8 Å². The summed E-state index contributed by atoms with van der Waals surface area (Å²) in [6, 6.07) is 12.1. The van der Waals surface area contributed by atoms with Gasteiger partial charge in [-0.25, -0.2) is 0 Å². The van der Waals surface area contributed by atoms with Gasteiger partial charge < -0.3 is 5.32 Å². The monoisotopic (exact) mass is 312 g/mol. The van der Waals surface area contributed by atoms with E-state index in [0.29, 0.717) is 6.54 Å². The van der Waals surface area contributed by atoms with Crippen molar-refractivity contribution in [3.8, 4) is 0 Å². The number of amides is 1. The summed E-state index contributed by atoms with van der Waals surface area (Å²) in [7, 11) is 0. The lowest BCUT2D eigenvalue weighted by Crippen LogP contribution is -2.36. The standard InChI is InChI=1S/C18H20N2OS/c1-14-4-2-5-16(12-14)19-18(21)13-20-9-7-15(8-10-20)17-6-3-11-22-17/h2-7,11-12H,8-10,13H2,1H3,(H,19,21). The van der Waals surface area contributed by atoms with E-state index < -0.39 is 0 Å². The number of anilines is 1. The fraction of sp³-hybridized carbons (Fsp3) is 0.278. The Hall–Kier alpha value is -1.91. The Morgan fingerprint density at radius 3 is 2.91 bits per heavy atom. The zero-order valence-corrected chi connectivity index (χ0v) is 13.5. The summed E-state index contributed by atoms with van der Waals surface area (Å²) in [5.74, 6) is 0.0542. The quantitative estimate of drug-likeness (QED) is 0.931. The molecule has 22 heavy (non-hydrogen) atoms. The number of hydrogen-bond donors (Lipinski definition) is 1. The molecule has 0 spiro atoms. The van der Waals surface area contributed by atoms with E-state index in [1.165, 1.54) is 10.5 Å². The van der Waals surface area contributed by atoms with Gasteiger partial charge in [0.25, 0.3) is 0 Å². The van der Waals surface area contributed by atoms with Crippen molar-refractivity contribution in [3.63, 3.8) is 0 Å². The molecule has 0 saturated heterocycles. The number of carbonyl (C=O) groups excluding carboxylic acids is 1. The summed E-state index contributed by atoms with van der Waals surface area (Å²) in [5.41, 5.74) is 3.43. The summed E-state index contributed by atoms with van der Waals surface area (Å²) in [6.45, 7) is 4.25. The number of nitrogens with one attached hydrogen (secondary N) is 1. The molecule has 2 aromatic rings. The maximum atomic E-state index is 12.1. The minimum absolute atomic E-state index is 0.0542. The van der Waals surface area contributed by atoms with Crippen molar-refractivity contribution in [2.45, 2.75) is 13.3 Å². The Morgan fingerprint density at radius 1 is 1.32 bits per heavy atom. The van der Waals surface area contributed by atoms with Gasteiger partial charge in [0.05, 0.1) is 6.54 Å². The first kappa shape index (κ1) is 15.0. The summed E-state index contributed by atoms with van der Waals surface area (Å²) in [6.07, 6.45) is 3.26. The van der Waals surface area contributed by atoms with Crippen molar-refractivity contribution in [1.29, 1.82) is 0 Å². The summed E-state index contributed by atoms with van der Waals surface area (Å²) >= 11 is 1.78. The molecule has 4 heteroatoms. The molecule has 0 aliphatic carbocycles. The highest BCUT2D eigenvalue weighted by atomic mass is 32.1. The number of thiophene rings is 1. The third kappa shape index (κ3) is 3.84. The van der Waals surface area contributed by atoms with Gasteiger partial charge in [0.1, 0.15) is 0 Å². The molecule has 0 unspecified atom stereocenters. The molecule has 0 fully saturated rings. The highest BCUT2D eigenvalue weighted by Crippen LogP contribution is 2.25. The normalized spacial score (nSPS) is 15.4. The minimum Gasteiger partial charge on any atom is -0.325 e. The van der Waals surface area contributed by atoms with E-state index in [-0.39, 0.29) is 5.91 Å². The van der Waals surface area contributed by atoms with Crippen molar-refractivity contribution >= 4 is 28.5 Å². The van der Waals surface area contributed by atoms with Crippen LogP contribution in [0, 0.1) is 6.92 Å². The van der Waals surface area contributed by atoms with Crippen LogP contribution in [0.25, 0.3) is 5.57 Å². The number of hydrogen-bond acceptors (Lipinski definition) is 3. The topological polar surface area (TPSA) is 32.3 Å². The Bertz CT molecular complexity index is 676. The second-order valence-electron chi connectivity index (χ2n) is 5.61. The number of carbonyl (C=O) groups is 1. The van der Waals surface area contributed by atoms with Crippen molar-refractivity contribution in [1.82, 2.24) is 4.90 Å². The molecule has 1 aliphatic heterocycles. The molecule has 0 bridgehead atoms. The number of aryl methyl sites for hydroxylation is 1. The Balaban J connectivity index is 1.53. The zero-order chi connectivity index (χ0) is 15.4. The first-order valence-electron chi connectivity index (χ1n) is 7.52. The molecule has 3 nitrogen and oxygen atoms in total. The van der Waals surface area contributed by atoms with Crippen LogP contribution >= 0.6 is 11.3 Å². The molecular formula is C18H20N2OS. The third-order valence-corrected chi connectivity index (χ3v) is 4.75. The molecule has 1 amide bonds. The summed E-state index contributed by atoms with van der Waals surface area (Å²) < 4.78 is 0. The van der Waals surface area contributed by atoms with E-state index >= 15 is 0 Å². The largest absolute Gasteiger partial charge is 0.325 e. The molecule has 2 heterocycles. The van der Waals surface area contributed by atoms with E-state index in [2.05, 4.69) is 33.8 Å². The lowest BCUT2D eigenvalue weighted by atomic mass is 10.1. The van der Waals surface area contributed by atoms with Crippen molar-refractivity contribution in [3.05, 3.63) is 58.3 Å². The van der Waals surface area contributed by atoms with Gasteiger partial charge >= 0.3 is 0 Å². The van der Waals surface area contributed by atoms with E-state index in [9.17, 15) is 4.79 Å². The van der Waals surface area contributed by atoms with E-state index in [1.54, 1.807) is 11.3 Å². The van der Waals surface area contributed by atoms with Crippen LogP contribution in [0.4, 0.5) is 5.69 Å². The lowest BCUT2D eigenvalue weighted by Gasteiger charge is -2.25. The highest BCUT2D eigenvalue weighted by Gasteiger charge is 2.16. The van der Waals surface area contributed by atoms with Gasteiger partial charge in [0.15, 0.2) is 0 Å². The SMILES string of the molecule is Cc1cccc(NC(=O)CN2CC=C(c3cccs3)CC2)c1. The second kappa shape index (κ2) is 6.90. The fourth-order valence-corrected chi connectivity index (χ4v) is 3.46. The van der Waals surface area contributed by atoms with Crippen molar-refractivity contribution < 1.29 is 4.79 Å². The van der Waals surface area contributed by atoms with Gasteiger partial charge in [-0.05, 0) is 48.1 Å². The first-order chi connectivity index (χ1) is 10.7. The van der Waals surface area contributed by atoms with Gasteiger partial charge in [0, 0.05) is 23.7 Å². The van der Waals surface area contributed by atoms with Crippen LogP contribution in [0.1, 0.15) is 16.9 Å². The van der Waals surface area contributed by atoms with Crippen LogP contribution in [0.15, 0.2) is 47.9 Å². The summed E-state index contributed by atoms with van der Waals surface area (Å²) in [5, 5.41) is 5.08. The molecule has 0 atom stereocenters. The molecule has 0 saturated carbocycles. The zero-order valence-electron chi connectivity index (χ0n) is 12.7. The lowest BCUT2D eigenvalue weighted by molar-refractivity contribution is -0.117. The molecular weight excluding hydrogens is 292 g/mol. The average Bonchev–Trinajstić information content (AvgIpc) is 3.02. The predicted molar refractivity (Wildman–Crippen MR) is 93.2 cm³/mol. The maximum Gasteiger partial charge on any atom is 0.238 e. The van der Waals surface area contributed by atoms with Crippen LogP contribution in [-0.4, -0.2) is 30.4 Å². The molecule has 3 rings (SSSR count).